The fourth-order valence-corrected chi connectivity index (χ4v) is 3.41. The van der Waals surface area contributed by atoms with E-state index >= 15 is 0 Å². The summed E-state index contributed by atoms with van der Waals surface area (Å²) in [6.45, 7) is 4.26. The molecule has 0 amide bonds. The normalized spacial score (nSPS) is 11.2. The molecule has 0 aliphatic rings. The molecule has 0 bridgehead atoms. The summed E-state index contributed by atoms with van der Waals surface area (Å²) >= 11 is 3.31. The highest BCUT2D eigenvalue weighted by atomic mass is 79.9. The van der Waals surface area contributed by atoms with E-state index in [0.29, 0.717) is 18.0 Å². The maximum absolute atomic E-state index is 12.4. The molecule has 2 rings (SSSR count). The Bertz CT molecular complexity index is 744. The third-order valence-corrected chi connectivity index (χ3v) is 4.71. The van der Waals surface area contributed by atoms with Gasteiger partial charge in [0.2, 0.25) is 0 Å². The lowest BCUT2D eigenvalue weighted by Gasteiger charge is -2.11. The van der Waals surface area contributed by atoms with E-state index in [-0.39, 0.29) is 4.90 Å². The molecule has 2 aromatic rings. The second-order valence-corrected chi connectivity index (χ2v) is 7.07. The molecule has 0 unspecified atom stereocenters. The van der Waals surface area contributed by atoms with Gasteiger partial charge in [0.05, 0.1) is 11.5 Å². The maximum atomic E-state index is 12.4. The topological polar surface area (TPSA) is 55.4 Å². The number of anilines is 1. The molecular formula is C15H16BrNO3S. The van der Waals surface area contributed by atoms with Crippen molar-refractivity contribution in [2.75, 3.05) is 11.3 Å². The van der Waals surface area contributed by atoms with Crippen LogP contribution in [0.15, 0.2) is 51.8 Å². The molecule has 2 aromatic carbocycles. The van der Waals surface area contributed by atoms with E-state index < -0.39 is 10.0 Å². The van der Waals surface area contributed by atoms with E-state index in [1.807, 2.05) is 19.9 Å². The lowest BCUT2D eigenvalue weighted by Crippen LogP contribution is -2.13. The van der Waals surface area contributed by atoms with Gasteiger partial charge in [0.25, 0.3) is 10.0 Å². The molecule has 0 radical (unpaired) electrons. The first kappa shape index (κ1) is 15.9. The molecule has 0 atom stereocenters. The minimum absolute atomic E-state index is 0.212. The van der Waals surface area contributed by atoms with Crippen molar-refractivity contribution in [3.05, 3.63) is 52.5 Å². The minimum Gasteiger partial charge on any atom is -0.494 e. The number of rotatable bonds is 5. The first-order valence-corrected chi connectivity index (χ1v) is 8.72. The van der Waals surface area contributed by atoms with Gasteiger partial charge >= 0.3 is 0 Å². The third kappa shape index (κ3) is 3.98. The van der Waals surface area contributed by atoms with Gasteiger partial charge in [0.1, 0.15) is 5.75 Å². The summed E-state index contributed by atoms with van der Waals surface area (Å²) in [6.07, 6.45) is 0. The van der Waals surface area contributed by atoms with Crippen LogP contribution in [0.3, 0.4) is 0 Å². The van der Waals surface area contributed by atoms with E-state index in [1.165, 1.54) is 6.07 Å². The van der Waals surface area contributed by atoms with Gasteiger partial charge in [-0.05, 0) is 55.8 Å². The van der Waals surface area contributed by atoms with Gasteiger partial charge in [-0.1, -0.05) is 22.0 Å². The van der Waals surface area contributed by atoms with E-state index in [2.05, 4.69) is 20.7 Å². The van der Waals surface area contributed by atoms with Crippen LogP contribution in [0, 0.1) is 6.92 Å². The zero-order chi connectivity index (χ0) is 15.5. The first-order valence-electron chi connectivity index (χ1n) is 6.44. The van der Waals surface area contributed by atoms with Crippen molar-refractivity contribution in [1.82, 2.24) is 0 Å². The van der Waals surface area contributed by atoms with Crippen molar-refractivity contribution in [1.29, 1.82) is 0 Å². The number of aryl methyl sites for hydroxylation is 1. The Morgan fingerprint density at radius 2 is 1.95 bits per heavy atom. The number of sulfonamides is 1. The van der Waals surface area contributed by atoms with Crippen molar-refractivity contribution in [3.63, 3.8) is 0 Å². The van der Waals surface area contributed by atoms with Crippen LogP contribution in [0.25, 0.3) is 0 Å². The molecular weight excluding hydrogens is 354 g/mol. The van der Waals surface area contributed by atoms with Gasteiger partial charge in [0.15, 0.2) is 0 Å². The summed E-state index contributed by atoms with van der Waals surface area (Å²) < 4.78 is 33.5. The summed E-state index contributed by atoms with van der Waals surface area (Å²) in [4.78, 5) is 0.212. The Morgan fingerprint density at radius 3 is 2.57 bits per heavy atom. The number of benzene rings is 2. The molecule has 0 saturated heterocycles. The number of hydrogen-bond donors (Lipinski definition) is 1. The molecule has 6 heteroatoms. The average Bonchev–Trinajstić information content (AvgIpc) is 2.40. The molecule has 1 N–H and O–H groups in total. The Kier molecular flexibility index (Phi) is 4.90. The zero-order valence-electron chi connectivity index (χ0n) is 11.8. The number of ether oxygens (including phenoxy) is 1. The predicted octanol–water partition coefficient (Wildman–Crippen LogP) is 3.96. The van der Waals surface area contributed by atoms with Crippen molar-refractivity contribution < 1.29 is 13.2 Å². The monoisotopic (exact) mass is 369 g/mol. The summed E-state index contributed by atoms with van der Waals surface area (Å²) in [5, 5.41) is 0. The molecule has 0 heterocycles. The highest BCUT2D eigenvalue weighted by molar-refractivity contribution is 9.10. The van der Waals surface area contributed by atoms with Crippen molar-refractivity contribution in [2.45, 2.75) is 18.7 Å². The van der Waals surface area contributed by atoms with Crippen LogP contribution in [-0.4, -0.2) is 15.0 Å². The summed E-state index contributed by atoms with van der Waals surface area (Å²) in [5.41, 5.74) is 1.30. The van der Waals surface area contributed by atoms with Gasteiger partial charge in [-0.15, -0.1) is 0 Å². The van der Waals surface area contributed by atoms with E-state index in [9.17, 15) is 8.42 Å². The van der Waals surface area contributed by atoms with Gasteiger partial charge in [-0.2, -0.15) is 0 Å². The summed E-state index contributed by atoms with van der Waals surface area (Å²) in [6, 6.07) is 11.8. The molecule has 4 nitrogen and oxygen atoms in total. The molecule has 0 aromatic heterocycles. The molecule has 0 saturated carbocycles. The highest BCUT2D eigenvalue weighted by Crippen LogP contribution is 2.24. The van der Waals surface area contributed by atoms with E-state index in [4.69, 9.17) is 4.74 Å². The standard InChI is InChI=1S/C15H16BrNO3S/c1-3-20-15-8-7-14(9-11(15)2)21(18,19)17-13-6-4-5-12(16)10-13/h4-10,17H,3H2,1-2H3. The van der Waals surface area contributed by atoms with Crippen LogP contribution in [0.1, 0.15) is 12.5 Å². The number of nitrogens with one attached hydrogen (secondary N) is 1. The van der Waals surface area contributed by atoms with E-state index in [1.54, 1.807) is 30.3 Å². The van der Waals surface area contributed by atoms with Crippen molar-refractivity contribution >= 4 is 31.6 Å². The summed E-state index contributed by atoms with van der Waals surface area (Å²) in [7, 11) is -3.61. The molecule has 0 spiro atoms. The van der Waals surface area contributed by atoms with Crippen LogP contribution in [0.2, 0.25) is 0 Å². The van der Waals surface area contributed by atoms with Crippen molar-refractivity contribution in [2.24, 2.45) is 0 Å². The molecule has 21 heavy (non-hydrogen) atoms. The molecule has 112 valence electrons. The minimum atomic E-state index is -3.61. The smallest absolute Gasteiger partial charge is 0.261 e. The van der Waals surface area contributed by atoms with Crippen LogP contribution in [0.5, 0.6) is 5.75 Å². The number of hydrogen-bond acceptors (Lipinski definition) is 3. The lowest BCUT2D eigenvalue weighted by molar-refractivity contribution is 0.337. The zero-order valence-corrected chi connectivity index (χ0v) is 14.2. The van der Waals surface area contributed by atoms with Crippen LogP contribution >= 0.6 is 15.9 Å². The average molecular weight is 370 g/mol. The molecule has 0 fully saturated rings. The highest BCUT2D eigenvalue weighted by Gasteiger charge is 2.15. The second-order valence-electron chi connectivity index (χ2n) is 4.48. The van der Waals surface area contributed by atoms with Gasteiger partial charge < -0.3 is 4.74 Å². The van der Waals surface area contributed by atoms with E-state index in [0.717, 1.165) is 10.0 Å². The Morgan fingerprint density at radius 1 is 1.19 bits per heavy atom. The van der Waals surface area contributed by atoms with Crippen LogP contribution in [-0.2, 0) is 10.0 Å². The maximum Gasteiger partial charge on any atom is 0.261 e. The predicted molar refractivity (Wildman–Crippen MR) is 87.3 cm³/mol. The van der Waals surface area contributed by atoms with Crippen LogP contribution in [0.4, 0.5) is 5.69 Å². The van der Waals surface area contributed by atoms with Crippen LogP contribution < -0.4 is 9.46 Å². The quantitative estimate of drug-likeness (QED) is 0.867. The Hall–Kier alpha value is -1.53. The summed E-state index contributed by atoms with van der Waals surface area (Å²) in [5.74, 6) is 0.693. The first-order chi connectivity index (χ1) is 9.92. The largest absolute Gasteiger partial charge is 0.494 e. The fraction of sp³-hybridized carbons (Fsp3) is 0.200. The van der Waals surface area contributed by atoms with Gasteiger partial charge in [0, 0.05) is 10.2 Å². The lowest BCUT2D eigenvalue weighted by atomic mass is 10.2. The fourth-order valence-electron chi connectivity index (χ4n) is 1.87. The van der Waals surface area contributed by atoms with Crippen molar-refractivity contribution in [3.8, 4) is 5.75 Å². The Labute approximate surface area is 133 Å². The second kappa shape index (κ2) is 6.49. The van der Waals surface area contributed by atoms with Gasteiger partial charge in [-0.3, -0.25) is 4.72 Å². The third-order valence-electron chi connectivity index (χ3n) is 2.83. The van der Waals surface area contributed by atoms with Gasteiger partial charge in [-0.25, -0.2) is 8.42 Å². The molecule has 0 aliphatic heterocycles. The number of halogens is 1. The molecule has 0 aliphatic carbocycles. The SMILES string of the molecule is CCOc1ccc(S(=O)(=O)Nc2cccc(Br)c2)cc1C. The Balaban J connectivity index is 2.29.